The lowest BCUT2D eigenvalue weighted by molar-refractivity contribution is -0.137. The minimum Gasteiger partial charge on any atom is -0.356 e. The van der Waals surface area contributed by atoms with Gasteiger partial charge in [0.15, 0.2) is 9.84 Å². The molecule has 1 fully saturated rings. The molecule has 9 heteroatoms. The third-order valence-corrected chi connectivity index (χ3v) is 8.62. The number of hydrogen-bond acceptors (Lipinski definition) is 4. The summed E-state index contributed by atoms with van der Waals surface area (Å²) >= 11 is 0. The van der Waals surface area contributed by atoms with Crippen LogP contribution in [0.4, 0.5) is 13.2 Å². The highest BCUT2D eigenvalue weighted by Crippen LogP contribution is 2.34. The molecule has 1 aliphatic carbocycles. The van der Waals surface area contributed by atoms with E-state index in [1.54, 1.807) is 0 Å². The Bertz CT molecular complexity index is 845. The number of rotatable bonds is 8. The molecule has 0 unspecified atom stereocenters. The zero-order valence-corrected chi connectivity index (χ0v) is 18.5. The van der Waals surface area contributed by atoms with E-state index >= 15 is 0 Å². The maximum atomic E-state index is 12.9. The van der Waals surface area contributed by atoms with Gasteiger partial charge in [-0.15, -0.1) is 0 Å². The van der Waals surface area contributed by atoms with Gasteiger partial charge in [0.1, 0.15) is 0 Å². The maximum absolute atomic E-state index is 12.9. The Labute approximate surface area is 176 Å². The molecule has 0 saturated heterocycles. The van der Waals surface area contributed by atoms with Crippen LogP contribution in [0.5, 0.6) is 0 Å². The molecule has 5 nitrogen and oxygen atoms in total. The zero-order chi connectivity index (χ0) is 22.6. The topological polar surface area (TPSA) is 75.3 Å². The van der Waals surface area contributed by atoms with Crippen LogP contribution in [-0.4, -0.2) is 38.2 Å². The Kier molecular flexibility index (Phi) is 7.61. The summed E-state index contributed by atoms with van der Waals surface area (Å²) < 4.78 is 63.4. The molecule has 0 radical (unpaired) electrons. The van der Waals surface area contributed by atoms with Crippen molar-refractivity contribution in [3.63, 3.8) is 0 Å². The minimum absolute atomic E-state index is 0.0872. The van der Waals surface area contributed by atoms with E-state index in [0.29, 0.717) is 12.5 Å². The molecule has 0 spiro atoms. The molecule has 30 heavy (non-hydrogen) atoms. The summed E-state index contributed by atoms with van der Waals surface area (Å²) in [5.41, 5.74) is -1.22. The molecule has 0 atom stereocenters. The van der Waals surface area contributed by atoms with E-state index in [1.165, 1.54) is 19.9 Å². The SMILES string of the molecule is CNC1(CC(=O)NCCC(C)(C)S(=O)(=O)c2cccc(C(F)(F)F)c2)CCCCC1. The molecule has 1 saturated carbocycles. The Morgan fingerprint density at radius 1 is 1.13 bits per heavy atom. The van der Waals surface area contributed by atoms with Gasteiger partial charge in [0, 0.05) is 18.5 Å². The summed E-state index contributed by atoms with van der Waals surface area (Å²) in [4.78, 5) is 12.0. The first-order valence-electron chi connectivity index (χ1n) is 10.2. The van der Waals surface area contributed by atoms with Crippen LogP contribution in [0.3, 0.4) is 0 Å². The lowest BCUT2D eigenvalue weighted by Crippen LogP contribution is -2.48. The summed E-state index contributed by atoms with van der Waals surface area (Å²) in [7, 11) is -2.18. The van der Waals surface area contributed by atoms with Gasteiger partial charge in [-0.2, -0.15) is 13.2 Å². The van der Waals surface area contributed by atoms with Gasteiger partial charge in [0.2, 0.25) is 5.91 Å². The first kappa shape index (κ1) is 24.7. The predicted molar refractivity (Wildman–Crippen MR) is 110 cm³/mol. The van der Waals surface area contributed by atoms with E-state index in [1.807, 2.05) is 7.05 Å². The second-order valence-electron chi connectivity index (χ2n) is 8.66. The number of halogens is 3. The normalized spacial score (nSPS) is 17.5. The Hall–Kier alpha value is -1.61. The van der Waals surface area contributed by atoms with Crippen LogP contribution in [0.25, 0.3) is 0 Å². The van der Waals surface area contributed by atoms with Crippen molar-refractivity contribution >= 4 is 15.7 Å². The smallest absolute Gasteiger partial charge is 0.356 e. The second-order valence-corrected chi connectivity index (χ2v) is 11.2. The maximum Gasteiger partial charge on any atom is 0.416 e. The van der Waals surface area contributed by atoms with E-state index in [0.717, 1.165) is 44.2 Å². The summed E-state index contributed by atoms with van der Waals surface area (Å²) in [5, 5.41) is 6.05. The van der Waals surface area contributed by atoms with Crippen LogP contribution in [0.15, 0.2) is 29.2 Å². The van der Waals surface area contributed by atoms with E-state index in [9.17, 15) is 26.4 Å². The van der Waals surface area contributed by atoms with Gasteiger partial charge in [-0.05, 0) is 58.4 Å². The minimum atomic E-state index is -4.62. The van der Waals surface area contributed by atoms with Gasteiger partial charge >= 0.3 is 6.18 Å². The number of nitrogens with one attached hydrogen (secondary N) is 2. The second kappa shape index (κ2) is 9.26. The Morgan fingerprint density at radius 2 is 1.77 bits per heavy atom. The standard InChI is InChI=1S/C21H31F3N2O3S/c1-19(2,30(28,29)17-9-7-8-16(14-17)21(22,23)24)12-13-26-18(27)15-20(25-3)10-5-4-6-11-20/h7-9,14,25H,4-6,10-13,15H2,1-3H3,(H,26,27). The number of carbonyl (C=O) groups is 1. The fraction of sp³-hybridized carbons (Fsp3) is 0.667. The molecule has 1 aromatic carbocycles. The number of amides is 1. The van der Waals surface area contributed by atoms with Crippen LogP contribution in [0.1, 0.15) is 64.4 Å². The van der Waals surface area contributed by atoms with E-state index in [-0.39, 0.29) is 29.3 Å². The summed E-state index contributed by atoms with van der Waals surface area (Å²) in [6, 6.07) is 3.77. The van der Waals surface area contributed by atoms with Crippen molar-refractivity contribution in [2.24, 2.45) is 0 Å². The highest BCUT2D eigenvalue weighted by molar-refractivity contribution is 7.92. The van der Waals surface area contributed by atoms with Gasteiger partial charge in [0.05, 0.1) is 15.2 Å². The number of carbonyl (C=O) groups excluding carboxylic acids is 1. The Morgan fingerprint density at radius 3 is 2.33 bits per heavy atom. The van der Waals surface area contributed by atoms with Crippen molar-refractivity contribution < 1.29 is 26.4 Å². The third-order valence-electron chi connectivity index (χ3n) is 6.09. The van der Waals surface area contributed by atoms with E-state index < -0.39 is 26.3 Å². The molecule has 0 aromatic heterocycles. The van der Waals surface area contributed by atoms with Crippen molar-refractivity contribution in [1.82, 2.24) is 10.6 Å². The van der Waals surface area contributed by atoms with E-state index in [2.05, 4.69) is 10.6 Å². The largest absolute Gasteiger partial charge is 0.416 e. The fourth-order valence-corrected chi connectivity index (χ4v) is 5.46. The molecule has 0 aliphatic heterocycles. The van der Waals surface area contributed by atoms with E-state index in [4.69, 9.17) is 0 Å². The summed E-state index contributed by atoms with van der Waals surface area (Å²) in [6.45, 7) is 3.06. The highest BCUT2D eigenvalue weighted by atomic mass is 32.2. The van der Waals surface area contributed by atoms with Crippen LogP contribution in [-0.2, 0) is 20.8 Å². The van der Waals surface area contributed by atoms with Crippen LogP contribution >= 0.6 is 0 Å². The van der Waals surface area contributed by atoms with Crippen molar-refractivity contribution in [2.75, 3.05) is 13.6 Å². The van der Waals surface area contributed by atoms with Crippen LogP contribution in [0, 0.1) is 0 Å². The quantitative estimate of drug-likeness (QED) is 0.629. The molecule has 1 amide bonds. The number of benzene rings is 1. The van der Waals surface area contributed by atoms with Crippen LogP contribution < -0.4 is 10.6 Å². The van der Waals surface area contributed by atoms with Crippen molar-refractivity contribution in [2.45, 2.75) is 80.2 Å². The first-order valence-corrected chi connectivity index (χ1v) is 11.7. The molecule has 2 rings (SSSR count). The average molecular weight is 449 g/mol. The number of sulfone groups is 1. The lowest BCUT2D eigenvalue weighted by Gasteiger charge is -2.36. The molecule has 2 N–H and O–H groups in total. The lowest BCUT2D eigenvalue weighted by atomic mass is 9.79. The number of alkyl halides is 3. The molecule has 0 heterocycles. The molecular formula is C21H31F3N2O3S. The van der Waals surface area contributed by atoms with Gasteiger partial charge < -0.3 is 10.6 Å². The highest BCUT2D eigenvalue weighted by Gasteiger charge is 2.38. The molecule has 1 aliphatic rings. The Balaban J connectivity index is 2.01. The molecular weight excluding hydrogens is 417 g/mol. The third kappa shape index (κ3) is 5.75. The van der Waals surface area contributed by atoms with Gasteiger partial charge in [-0.25, -0.2) is 8.42 Å². The van der Waals surface area contributed by atoms with Gasteiger partial charge in [0.25, 0.3) is 0 Å². The average Bonchev–Trinajstić information content (AvgIpc) is 2.67. The molecule has 170 valence electrons. The van der Waals surface area contributed by atoms with Crippen molar-refractivity contribution in [1.29, 1.82) is 0 Å². The number of hydrogen-bond donors (Lipinski definition) is 2. The molecule has 1 aromatic rings. The first-order chi connectivity index (χ1) is 13.8. The summed E-state index contributed by atoms with van der Waals surface area (Å²) in [6.07, 6.45) is 0.929. The summed E-state index contributed by atoms with van der Waals surface area (Å²) in [5.74, 6) is -0.154. The zero-order valence-electron chi connectivity index (χ0n) is 17.7. The molecule has 0 bridgehead atoms. The van der Waals surface area contributed by atoms with Gasteiger partial charge in [-0.3, -0.25) is 4.79 Å². The predicted octanol–water partition coefficient (Wildman–Crippen LogP) is 4.08. The van der Waals surface area contributed by atoms with Crippen LogP contribution in [0.2, 0.25) is 0 Å². The monoisotopic (exact) mass is 448 g/mol. The van der Waals surface area contributed by atoms with Gasteiger partial charge in [-0.1, -0.05) is 25.3 Å². The van der Waals surface area contributed by atoms with Crippen molar-refractivity contribution in [3.8, 4) is 0 Å². The fourth-order valence-electron chi connectivity index (χ4n) is 3.91. The van der Waals surface area contributed by atoms with Crippen molar-refractivity contribution in [3.05, 3.63) is 29.8 Å².